The molecule has 0 aromatic heterocycles. The van der Waals surface area contributed by atoms with E-state index in [4.69, 9.17) is 5.11 Å². The smallest absolute Gasteiger partial charge is 0.306 e. The lowest BCUT2D eigenvalue weighted by Crippen LogP contribution is -2.38. The van der Waals surface area contributed by atoms with Gasteiger partial charge in [-0.1, -0.05) is 6.42 Å². The SMILES string of the molecule is O=C(O)C1CCC(C(=O)NCC2CCCCS2)CC1. The second kappa shape index (κ2) is 7.17. The van der Waals surface area contributed by atoms with E-state index in [9.17, 15) is 9.59 Å². The first-order chi connectivity index (χ1) is 9.16. The monoisotopic (exact) mass is 285 g/mol. The predicted molar refractivity (Wildman–Crippen MR) is 76.2 cm³/mol. The number of aliphatic carboxylic acids is 1. The Balaban J connectivity index is 1.67. The topological polar surface area (TPSA) is 66.4 Å². The van der Waals surface area contributed by atoms with Gasteiger partial charge in [-0.15, -0.1) is 0 Å². The molecule has 1 amide bonds. The second-order valence-corrected chi connectivity index (χ2v) is 7.03. The van der Waals surface area contributed by atoms with E-state index >= 15 is 0 Å². The molecular formula is C14H23NO3S. The fourth-order valence-electron chi connectivity index (χ4n) is 2.93. The predicted octanol–water partition coefficient (Wildman–Crippen LogP) is 2.28. The Morgan fingerprint density at radius 3 is 2.32 bits per heavy atom. The van der Waals surface area contributed by atoms with Gasteiger partial charge < -0.3 is 10.4 Å². The van der Waals surface area contributed by atoms with E-state index in [2.05, 4.69) is 5.32 Å². The number of carbonyl (C=O) groups excluding carboxylic acids is 1. The van der Waals surface area contributed by atoms with Crippen molar-refractivity contribution in [1.29, 1.82) is 0 Å². The molecule has 1 atom stereocenters. The Labute approximate surface area is 118 Å². The van der Waals surface area contributed by atoms with Crippen molar-refractivity contribution in [3.05, 3.63) is 0 Å². The molecule has 2 fully saturated rings. The van der Waals surface area contributed by atoms with Crippen molar-refractivity contribution in [2.75, 3.05) is 12.3 Å². The molecule has 108 valence electrons. The van der Waals surface area contributed by atoms with Crippen LogP contribution in [0.25, 0.3) is 0 Å². The van der Waals surface area contributed by atoms with Crippen LogP contribution in [0.2, 0.25) is 0 Å². The molecule has 0 aromatic carbocycles. The molecule has 1 unspecified atom stereocenters. The molecule has 0 aromatic rings. The zero-order chi connectivity index (χ0) is 13.7. The van der Waals surface area contributed by atoms with Crippen LogP contribution >= 0.6 is 11.8 Å². The van der Waals surface area contributed by atoms with Gasteiger partial charge in [0.05, 0.1) is 5.92 Å². The molecular weight excluding hydrogens is 262 g/mol. The number of carbonyl (C=O) groups is 2. The van der Waals surface area contributed by atoms with Crippen LogP contribution in [-0.2, 0) is 9.59 Å². The summed E-state index contributed by atoms with van der Waals surface area (Å²) in [4.78, 5) is 22.9. The van der Waals surface area contributed by atoms with Crippen molar-refractivity contribution in [3.8, 4) is 0 Å². The van der Waals surface area contributed by atoms with Crippen LogP contribution in [0.4, 0.5) is 0 Å². The van der Waals surface area contributed by atoms with E-state index < -0.39 is 5.97 Å². The maximum Gasteiger partial charge on any atom is 0.306 e. The summed E-state index contributed by atoms with van der Waals surface area (Å²) in [6.07, 6.45) is 6.51. The van der Waals surface area contributed by atoms with E-state index in [1.165, 1.54) is 25.0 Å². The van der Waals surface area contributed by atoms with Crippen molar-refractivity contribution >= 4 is 23.6 Å². The fourth-order valence-corrected chi connectivity index (χ4v) is 4.17. The van der Waals surface area contributed by atoms with Crippen LogP contribution in [-0.4, -0.2) is 34.5 Å². The van der Waals surface area contributed by atoms with Crippen LogP contribution in [0, 0.1) is 11.8 Å². The van der Waals surface area contributed by atoms with E-state index in [0.717, 1.165) is 19.4 Å². The second-order valence-electron chi connectivity index (χ2n) is 5.62. The highest BCUT2D eigenvalue weighted by Crippen LogP contribution is 2.29. The van der Waals surface area contributed by atoms with Crippen molar-refractivity contribution < 1.29 is 14.7 Å². The first-order valence-corrected chi connectivity index (χ1v) is 8.34. The van der Waals surface area contributed by atoms with Gasteiger partial charge in [-0.2, -0.15) is 11.8 Å². The van der Waals surface area contributed by atoms with Gasteiger partial charge in [-0.3, -0.25) is 9.59 Å². The number of thioether (sulfide) groups is 1. The third-order valence-corrected chi connectivity index (χ3v) is 5.62. The van der Waals surface area contributed by atoms with Crippen LogP contribution in [0.15, 0.2) is 0 Å². The molecule has 19 heavy (non-hydrogen) atoms. The summed E-state index contributed by atoms with van der Waals surface area (Å²) in [5, 5.41) is 12.6. The molecule has 2 rings (SSSR count). The zero-order valence-electron chi connectivity index (χ0n) is 11.3. The third kappa shape index (κ3) is 4.41. The quantitative estimate of drug-likeness (QED) is 0.831. The number of carboxylic acids is 1. The van der Waals surface area contributed by atoms with Crippen molar-refractivity contribution in [2.24, 2.45) is 11.8 Å². The van der Waals surface area contributed by atoms with Gasteiger partial charge >= 0.3 is 5.97 Å². The summed E-state index contributed by atoms with van der Waals surface area (Å²) < 4.78 is 0. The number of hydrogen-bond acceptors (Lipinski definition) is 3. The van der Waals surface area contributed by atoms with Crippen LogP contribution in [0.1, 0.15) is 44.9 Å². The van der Waals surface area contributed by atoms with Crippen LogP contribution in [0.5, 0.6) is 0 Å². The minimum atomic E-state index is -0.711. The van der Waals surface area contributed by atoms with Gasteiger partial charge in [0.25, 0.3) is 0 Å². The summed E-state index contributed by atoms with van der Waals surface area (Å²) >= 11 is 1.96. The number of hydrogen-bond donors (Lipinski definition) is 2. The van der Waals surface area contributed by atoms with E-state index in [1.54, 1.807) is 0 Å². The van der Waals surface area contributed by atoms with Crippen LogP contribution in [0.3, 0.4) is 0 Å². The van der Waals surface area contributed by atoms with Gasteiger partial charge in [-0.05, 0) is 44.3 Å². The molecule has 0 bridgehead atoms. The van der Waals surface area contributed by atoms with Gasteiger partial charge in [0.15, 0.2) is 0 Å². The molecule has 0 radical (unpaired) electrons. The summed E-state index contributed by atoms with van der Waals surface area (Å²) in [6.45, 7) is 0.780. The van der Waals surface area contributed by atoms with Crippen molar-refractivity contribution in [1.82, 2.24) is 5.32 Å². The highest BCUT2D eigenvalue weighted by Gasteiger charge is 2.29. The van der Waals surface area contributed by atoms with E-state index in [1.807, 2.05) is 11.8 Å². The molecule has 0 spiro atoms. The number of amides is 1. The largest absolute Gasteiger partial charge is 0.481 e. The molecule has 1 saturated carbocycles. The summed E-state index contributed by atoms with van der Waals surface area (Å²) in [5.74, 6) is 0.430. The maximum absolute atomic E-state index is 12.0. The molecule has 1 aliphatic carbocycles. The normalized spacial score (nSPS) is 31.7. The van der Waals surface area contributed by atoms with Gasteiger partial charge in [0, 0.05) is 17.7 Å². The zero-order valence-corrected chi connectivity index (χ0v) is 12.1. The fraction of sp³-hybridized carbons (Fsp3) is 0.857. The first-order valence-electron chi connectivity index (χ1n) is 7.29. The van der Waals surface area contributed by atoms with E-state index in [0.29, 0.717) is 18.1 Å². The van der Waals surface area contributed by atoms with Gasteiger partial charge in [0.2, 0.25) is 5.91 Å². The highest BCUT2D eigenvalue weighted by atomic mass is 32.2. The summed E-state index contributed by atoms with van der Waals surface area (Å²) in [6, 6.07) is 0. The van der Waals surface area contributed by atoms with Gasteiger partial charge in [0.1, 0.15) is 0 Å². The highest BCUT2D eigenvalue weighted by molar-refractivity contribution is 7.99. The van der Waals surface area contributed by atoms with Crippen molar-refractivity contribution in [2.45, 2.75) is 50.2 Å². The Kier molecular flexibility index (Phi) is 5.55. The minimum Gasteiger partial charge on any atom is -0.481 e. The number of carboxylic acid groups (broad SMARTS) is 1. The standard InChI is InChI=1S/C14H23NO3S/c16-13(15-9-12-3-1-2-8-19-12)10-4-6-11(7-5-10)14(17)18/h10-12H,1-9H2,(H,15,16)(H,17,18). The average Bonchev–Trinajstić information content (AvgIpc) is 2.46. The number of nitrogens with one attached hydrogen (secondary N) is 1. The molecule has 4 nitrogen and oxygen atoms in total. The average molecular weight is 285 g/mol. The van der Waals surface area contributed by atoms with Crippen molar-refractivity contribution in [3.63, 3.8) is 0 Å². The Morgan fingerprint density at radius 1 is 1.05 bits per heavy atom. The summed E-state index contributed by atoms with van der Waals surface area (Å²) in [7, 11) is 0. The molecule has 2 aliphatic rings. The van der Waals surface area contributed by atoms with E-state index in [-0.39, 0.29) is 17.7 Å². The van der Waals surface area contributed by atoms with Crippen LogP contribution < -0.4 is 5.32 Å². The molecule has 1 heterocycles. The summed E-state index contributed by atoms with van der Waals surface area (Å²) in [5.41, 5.74) is 0. The van der Waals surface area contributed by atoms with Gasteiger partial charge in [-0.25, -0.2) is 0 Å². The Hall–Kier alpha value is -0.710. The molecule has 1 aliphatic heterocycles. The lowest BCUT2D eigenvalue weighted by molar-refractivity contribution is -0.144. The lowest BCUT2D eigenvalue weighted by Gasteiger charge is -2.27. The lowest BCUT2D eigenvalue weighted by atomic mass is 9.81. The minimum absolute atomic E-state index is 0.0317. The Morgan fingerprint density at radius 2 is 1.74 bits per heavy atom. The maximum atomic E-state index is 12.0. The third-order valence-electron chi connectivity index (χ3n) is 4.23. The molecule has 5 heteroatoms. The first kappa shape index (κ1) is 14.7. The number of rotatable bonds is 4. The molecule has 1 saturated heterocycles. The molecule has 2 N–H and O–H groups in total. The Bertz CT molecular complexity index is 321.